The van der Waals surface area contributed by atoms with Gasteiger partial charge in [0.1, 0.15) is 17.5 Å². The first-order valence-electron chi connectivity index (χ1n) is 8.50. The number of nitrogens with one attached hydrogen (secondary N) is 2. The zero-order chi connectivity index (χ0) is 16.8. The average Bonchev–Trinajstić information content (AvgIpc) is 2.57. The van der Waals surface area contributed by atoms with Crippen LogP contribution >= 0.6 is 15.9 Å². The van der Waals surface area contributed by atoms with Gasteiger partial charge in [0.15, 0.2) is 0 Å². The lowest BCUT2D eigenvalue weighted by atomic mass is 9.97. The Balaban J connectivity index is 1.63. The molecule has 0 unspecified atom stereocenters. The van der Waals surface area contributed by atoms with Gasteiger partial charge < -0.3 is 10.6 Å². The zero-order valence-corrected chi connectivity index (χ0v) is 15.6. The lowest BCUT2D eigenvalue weighted by molar-refractivity contribution is 0.679. The van der Waals surface area contributed by atoms with Crippen molar-refractivity contribution in [1.29, 1.82) is 0 Å². The van der Waals surface area contributed by atoms with Crippen LogP contribution in [0, 0.1) is 6.92 Å². The predicted molar refractivity (Wildman–Crippen MR) is 104 cm³/mol. The van der Waals surface area contributed by atoms with Crippen molar-refractivity contribution in [3.8, 4) is 0 Å². The molecule has 0 saturated heterocycles. The molecule has 0 bridgehead atoms. The van der Waals surface area contributed by atoms with Gasteiger partial charge in [-0.2, -0.15) is 0 Å². The van der Waals surface area contributed by atoms with E-state index in [0.717, 1.165) is 40.6 Å². The van der Waals surface area contributed by atoms with Crippen LogP contribution in [0.4, 0.5) is 17.3 Å². The minimum absolute atomic E-state index is 0.756. The molecule has 0 saturated carbocycles. The molecule has 1 heterocycles. The Morgan fingerprint density at radius 3 is 2.75 bits per heavy atom. The van der Waals surface area contributed by atoms with Crippen molar-refractivity contribution in [3.63, 3.8) is 0 Å². The number of anilines is 3. The standard InChI is InChI=1S/C19H23BrN4/c1-14-22-18(21-12-11-15-7-3-2-4-8-15)13-19(23-14)24-17-10-6-5-9-16(17)20/h5-7,9-10,13H,2-4,8,11-12H2,1H3,(H2,21,22,23,24). The summed E-state index contributed by atoms with van der Waals surface area (Å²) in [5.41, 5.74) is 2.57. The summed E-state index contributed by atoms with van der Waals surface area (Å²) in [4.78, 5) is 8.96. The quantitative estimate of drug-likeness (QED) is 0.634. The SMILES string of the molecule is Cc1nc(NCCC2=CCCCC2)cc(Nc2ccccc2Br)n1. The van der Waals surface area contributed by atoms with E-state index in [2.05, 4.69) is 42.6 Å². The number of hydrogen-bond donors (Lipinski definition) is 2. The highest BCUT2D eigenvalue weighted by Gasteiger charge is 2.06. The van der Waals surface area contributed by atoms with E-state index in [-0.39, 0.29) is 0 Å². The molecule has 126 valence electrons. The van der Waals surface area contributed by atoms with E-state index >= 15 is 0 Å². The number of aromatic nitrogens is 2. The van der Waals surface area contributed by atoms with Crippen LogP contribution in [0.5, 0.6) is 0 Å². The Labute approximate surface area is 151 Å². The summed E-state index contributed by atoms with van der Waals surface area (Å²) in [6, 6.07) is 9.98. The topological polar surface area (TPSA) is 49.8 Å². The highest BCUT2D eigenvalue weighted by Crippen LogP contribution is 2.25. The number of allylic oxidation sites excluding steroid dienone is 1. The Morgan fingerprint density at radius 1 is 1.12 bits per heavy atom. The third kappa shape index (κ3) is 4.81. The van der Waals surface area contributed by atoms with E-state index in [9.17, 15) is 0 Å². The van der Waals surface area contributed by atoms with Crippen LogP contribution in [0.25, 0.3) is 0 Å². The Kier molecular flexibility index (Phi) is 5.86. The molecule has 1 aliphatic carbocycles. The molecule has 0 radical (unpaired) electrons. The molecule has 5 heteroatoms. The normalized spacial score (nSPS) is 14.2. The van der Waals surface area contributed by atoms with E-state index < -0.39 is 0 Å². The van der Waals surface area contributed by atoms with Crippen LogP contribution in [0.3, 0.4) is 0 Å². The summed E-state index contributed by atoms with van der Waals surface area (Å²) < 4.78 is 1.01. The molecule has 1 aromatic carbocycles. The first-order chi connectivity index (χ1) is 11.7. The van der Waals surface area contributed by atoms with E-state index in [1.54, 1.807) is 5.57 Å². The van der Waals surface area contributed by atoms with Crippen LogP contribution in [-0.4, -0.2) is 16.5 Å². The fourth-order valence-electron chi connectivity index (χ4n) is 2.91. The molecule has 1 aliphatic rings. The van der Waals surface area contributed by atoms with Gasteiger partial charge in [-0.05, 0) is 67.1 Å². The number of para-hydroxylation sites is 1. The first-order valence-corrected chi connectivity index (χ1v) is 9.29. The molecule has 3 rings (SSSR count). The van der Waals surface area contributed by atoms with Crippen molar-refractivity contribution >= 4 is 33.3 Å². The first kappa shape index (κ1) is 17.0. The molecular weight excluding hydrogens is 364 g/mol. The maximum atomic E-state index is 4.49. The maximum absolute atomic E-state index is 4.49. The predicted octanol–water partition coefficient (Wildman–Crippen LogP) is 5.59. The van der Waals surface area contributed by atoms with Gasteiger partial charge in [0.2, 0.25) is 0 Å². The molecule has 0 spiro atoms. The van der Waals surface area contributed by atoms with Gasteiger partial charge in [-0.1, -0.05) is 23.8 Å². The van der Waals surface area contributed by atoms with Crippen molar-refractivity contribution < 1.29 is 0 Å². The van der Waals surface area contributed by atoms with Gasteiger partial charge in [0, 0.05) is 17.1 Å². The number of benzene rings is 1. The summed E-state index contributed by atoms with van der Waals surface area (Å²) in [6.45, 7) is 2.83. The van der Waals surface area contributed by atoms with Gasteiger partial charge in [-0.15, -0.1) is 0 Å². The van der Waals surface area contributed by atoms with Crippen molar-refractivity contribution in [2.45, 2.75) is 39.0 Å². The van der Waals surface area contributed by atoms with Gasteiger partial charge in [-0.3, -0.25) is 0 Å². The number of hydrogen-bond acceptors (Lipinski definition) is 4. The average molecular weight is 387 g/mol. The molecule has 2 N–H and O–H groups in total. The third-order valence-electron chi connectivity index (χ3n) is 4.11. The highest BCUT2D eigenvalue weighted by molar-refractivity contribution is 9.10. The minimum atomic E-state index is 0.756. The van der Waals surface area contributed by atoms with Crippen LogP contribution in [0.15, 0.2) is 46.5 Å². The molecule has 2 aromatic rings. The zero-order valence-electron chi connectivity index (χ0n) is 14.0. The van der Waals surface area contributed by atoms with Crippen molar-refractivity contribution in [3.05, 3.63) is 52.3 Å². The minimum Gasteiger partial charge on any atom is -0.370 e. The second-order valence-corrected chi connectivity index (χ2v) is 6.93. The van der Waals surface area contributed by atoms with Crippen LogP contribution in [-0.2, 0) is 0 Å². The van der Waals surface area contributed by atoms with Crippen molar-refractivity contribution in [2.24, 2.45) is 0 Å². The molecule has 0 atom stereocenters. The number of halogens is 1. The molecule has 24 heavy (non-hydrogen) atoms. The molecule has 0 amide bonds. The molecular formula is C19H23BrN4. The highest BCUT2D eigenvalue weighted by atomic mass is 79.9. The molecule has 0 fully saturated rings. The largest absolute Gasteiger partial charge is 0.370 e. The van der Waals surface area contributed by atoms with Gasteiger partial charge in [0.05, 0.1) is 5.69 Å². The second kappa shape index (κ2) is 8.29. The lowest BCUT2D eigenvalue weighted by Gasteiger charge is -2.14. The second-order valence-electron chi connectivity index (χ2n) is 6.08. The summed E-state index contributed by atoms with van der Waals surface area (Å²) >= 11 is 3.55. The van der Waals surface area contributed by atoms with Gasteiger partial charge >= 0.3 is 0 Å². The lowest BCUT2D eigenvalue weighted by Crippen LogP contribution is -2.08. The summed E-state index contributed by atoms with van der Waals surface area (Å²) in [6.07, 6.45) is 8.65. The van der Waals surface area contributed by atoms with E-state index in [0.29, 0.717) is 0 Å². The number of aryl methyl sites for hydroxylation is 1. The van der Waals surface area contributed by atoms with Gasteiger partial charge in [-0.25, -0.2) is 9.97 Å². The monoisotopic (exact) mass is 386 g/mol. The number of rotatable bonds is 6. The smallest absolute Gasteiger partial charge is 0.136 e. The summed E-state index contributed by atoms with van der Waals surface area (Å²) in [7, 11) is 0. The van der Waals surface area contributed by atoms with Crippen molar-refractivity contribution in [1.82, 2.24) is 9.97 Å². The Hall–Kier alpha value is -1.88. The van der Waals surface area contributed by atoms with Crippen LogP contribution in [0.1, 0.15) is 37.9 Å². The summed E-state index contributed by atoms with van der Waals surface area (Å²) in [5, 5.41) is 6.77. The molecule has 4 nitrogen and oxygen atoms in total. The van der Waals surface area contributed by atoms with Crippen LogP contribution in [0.2, 0.25) is 0 Å². The third-order valence-corrected chi connectivity index (χ3v) is 4.80. The van der Waals surface area contributed by atoms with E-state index in [1.807, 2.05) is 37.3 Å². The van der Waals surface area contributed by atoms with Crippen LogP contribution < -0.4 is 10.6 Å². The number of nitrogens with zero attached hydrogens (tertiary/aromatic N) is 2. The van der Waals surface area contributed by atoms with Gasteiger partial charge in [0.25, 0.3) is 0 Å². The Morgan fingerprint density at radius 2 is 1.96 bits per heavy atom. The summed E-state index contributed by atoms with van der Waals surface area (Å²) in [5.74, 6) is 2.42. The van der Waals surface area contributed by atoms with E-state index in [1.165, 1.54) is 25.7 Å². The maximum Gasteiger partial charge on any atom is 0.136 e. The molecule has 1 aromatic heterocycles. The Bertz CT molecular complexity index is 727. The fraction of sp³-hybridized carbons (Fsp3) is 0.368. The fourth-order valence-corrected chi connectivity index (χ4v) is 3.29. The molecule has 0 aliphatic heterocycles. The van der Waals surface area contributed by atoms with Crippen molar-refractivity contribution in [2.75, 3.05) is 17.2 Å². The van der Waals surface area contributed by atoms with E-state index in [4.69, 9.17) is 0 Å².